The van der Waals surface area contributed by atoms with Crippen LogP contribution in [0.15, 0.2) is 36.5 Å². The molecule has 0 spiro atoms. The molecule has 0 aliphatic rings. The summed E-state index contributed by atoms with van der Waals surface area (Å²) >= 11 is 5.85. The molecule has 0 saturated heterocycles. The molecule has 0 radical (unpaired) electrons. The van der Waals surface area contributed by atoms with E-state index in [1.54, 1.807) is 18.3 Å². The number of alkyl halides is 1. The molecule has 6 heteroatoms. The van der Waals surface area contributed by atoms with Crippen LogP contribution in [-0.4, -0.2) is 27.5 Å². The van der Waals surface area contributed by atoms with Gasteiger partial charge in [-0.25, -0.2) is 14.4 Å². The SMILES string of the molecule is COc1cc(-n2c(CCCl)nc3cccnc32)ccc1F. The van der Waals surface area contributed by atoms with E-state index in [2.05, 4.69) is 9.97 Å². The van der Waals surface area contributed by atoms with Crippen LogP contribution < -0.4 is 4.74 Å². The van der Waals surface area contributed by atoms with Gasteiger partial charge in [0.15, 0.2) is 17.2 Å². The van der Waals surface area contributed by atoms with Crippen LogP contribution in [0.25, 0.3) is 16.9 Å². The lowest BCUT2D eigenvalue weighted by Gasteiger charge is -2.10. The van der Waals surface area contributed by atoms with E-state index < -0.39 is 5.82 Å². The third kappa shape index (κ3) is 2.45. The number of imidazole rings is 1. The number of hydrogen-bond acceptors (Lipinski definition) is 3. The molecule has 0 aliphatic carbocycles. The number of ether oxygens (including phenoxy) is 1. The maximum Gasteiger partial charge on any atom is 0.165 e. The van der Waals surface area contributed by atoms with Gasteiger partial charge in [0.1, 0.15) is 11.3 Å². The first kappa shape index (κ1) is 13.8. The number of rotatable bonds is 4. The first-order valence-electron chi connectivity index (χ1n) is 6.47. The van der Waals surface area contributed by atoms with Gasteiger partial charge in [0.2, 0.25) is 0 Å². The number of methoxy groups -OCH3 is 1. The summed E-state index contributed by atoms with van der Waals surface area (Å²) in [5, 5.41) is 0. The first-order chi connectivity index (χ1) is 10.2. The second kappa shape index (κ2) is 5.69. The lowest BCUT2D eigenvalue weighted by molar-refractivity contribution is 0.386. The molecule has 0 N–H and O–H groups in total. The minimum Gasteiger partial charge on any atom is -0.494 e. The van der Waals surface area contributed by atoms with Gasteiger partial charge in [-0.05, 0) is 24.3 Å². The molecule has 3 aromatic rings. The fourth-order valence-electron chi connectivity index (χ4n) is 2.27. The van der Waals surface area contributed by atoms with E-state index in [0.29, 0.717) is 17.9 Å². The van der Waals surface area contributed by atoms with Crippen LogP contribution in [0.4, 0.5) is 4.39 Å². The van der Waals surface area contributed by atoms with Crippen LogP contribution in [0.2, 0.25) is 0 Å². The van der Waals surface area contributed by atoms with E-state index >= 15 is 0 Å². The Morgan fingerprint density at radius 3 is 2.95 bits per heavy atom. The second-order valence-corrected chi connectivity index (χ2v) is 4.85. The number of aryl methyl sites for hydroxylation is 1. The summed E-state index contributed by atoms with van der Waals surface area (Å²) in [5.41, 5.74) is 2.24. The number of nitrogens with zero attached hydrogens (tertiary/aromatic N) is 3. The molecule has 1 aromatic carbocycles. The summed E-state index contributed by atoms with van der Waals surface area (Å²) < 4.78 is 20.5. The highest BCUT2D eigenvalue weighted by atomic mass is 35.5. The Labute approximate surface area is 126 Å². The van der Waals surface area contributed by atoms with Gasteiger partial charge in [-0.15, -0.1) is 11.6 Å². The molecule has 2 aromatic heterocycles. The average molecular weight is 306 g/mol. The molecule has 0 amide bonds. The molecular formula is C15H13ClFN3O. The van der Waals surface area contributed by atoms with Crippen molar-refractivity contribution in [3.8, 4) is 11.4 Å². The van der Waals surface area contributed by atoms with E-state index in [4.69, 9.17) is 16.3 Å². The minimum atomic E-state index is -0.405. The number of halogens is 2. The highest BCUT2D eigenvalue weighted by Crippen LogP contribution is 2.25. The van der Waals surface area contributed by atoms with E-state index in [0.717, 1.165) is 17.0 Å². The predicted molar refractivity (Wildman–Crippen MR) is 79.8 cm³/mol. The average Bonchev–Trinajstić information content (AvgIpc) is 2.86. The Morgan fingerprint density at radius 2 is 2.19 bits per heavy atom. The molecule has 3 rings (SSSR count). The quantitative estimate of drug-likeness (QED) is 0.694. The second-order valence-electron chi connectivity index (χ2n) is 4.47. The predicted octanol–water partition coefficient (Wildman–Crippen LogP) is 3.35. The van der Waals surface area contributed by atoms with E-state index in [1.165, 1.54) is 13.2 Å². The topological polar surface area (TPSA) is 39.9 Å². The van der Waals surface area contributed by atoms with Crippen molar-refractivity contribution in [2.75, 3.05) is 13.0 Å². The smallest absolute Gasteiger partial charge is 0.165 e. The Morgan fingerprint density at radius 1 is 1.33 bits per heavy atom. The van der Waals surface area contributed by atoms with Gasteiger partial charge in [0.25, 0.3) is 0 Å². The number of fused-ring (bicyclic) bond motifs is 1. The van der Waals surface area contributed by atoms with Gasteiger partial charge in [-0.1, -0.05) is 0 Å². The molecule has 0 unspecified atom stereocenters. The maximum atomic E-state index is 13.6. The highest BCUT2D eigenvalue weighted by Gasteiger charge is 2.14. The van der Waals surface area contributed by atoms with Gasteiger partial charge >= 0.3 is 0 Å². The van der Waals surface area contributed by atoms with E-state index in [-0.39, 0.29) is 5.75 Å². The van der Waals surface area contributed by atoms with Crippen LogP contribution in [0.3, 0.4) is 0 Å². The number of pyridine rings is 1. The molecule has 0 fully saturated rings. The lowest BCUT2D eigenvalue weighted by atomic mass is 10.2. The Balaban J connectivity index is 2.24. The van der Waals surface area contributed by atoms with Crippen LogP contribution in [-0.2, 0) is 6.42 Å². The molecule has 0 saturated carbocycles. The molecule has 0 atom stereocenters. The molecule has 4 nitrogen and oxygen atoms in total. The van der Waals surface area contributed by atoms with Crippen molar-refractivity contribution in [3.05, 3.63) is 48.2 Å². The van der Waals surface area contributed by atoms with Gasteiger partial charge < -0.3 is 4.74 Å². The van der Waals surface area contributed by atoms with Crippen molar-refractivity contribution in [2.24, 2.45) is 0 Å². The molecular weight excluding hydrogens is 293 g/mol. The third-order valence-corrected chi connectivity index (χ3v) is 3.39. The van der Waals surface area contributed by atoms with Gasteiger partial charge in [-0.2, -0.15) is 0 Å². The zero-order chi connectivity index (χ0) is 14.8. The zero-order valence-electron chi connectivity index (χ0n) is 11.4. The van der Waals surface area contributed by atoms with Crippen molar-refractivity contribution in [1.82, 2.24) is 14.5 Å². The standard InChI is InChI=1S/C15H13ClFN3O/c1-21-13-9-10(4-5-11(13)17)20-14(6-7-16)19-12-3-2-8-18-15(12)20/h2-5,8-9H,6-7H2,1H3. The first-order valence-corrected chi connectivity index (χ1v) is 7.00. The van der Waals surface area contributed by atoms with Gasteiger partial charge in [-0.3, -0.25) is 4.57 Å². The summed E-state index contributed by atoms with van der Waals surface area (Å²) in [6.07, 6.45) is 2.29. The summed E-state index contributed by atoms with van der Waals surface area (Å²) in [6, 6.07) is 8.38. The summed E-state index contributed by atoms with van der Waals surface area (Å²) in [6.45, 7) is 0. The molecule has 108 valence electrons. The van der Waals surface area contributed by atoms with Crippen molar-refractivity contribution in [1.29, 1.82) is 0 Å². The Kier molecular flexibility index (Phi) is 3.75. The van der Waals surface area contributed by atoms with Crippen molar-refractivity contribution in [3.63, 3.8) is 0 Å². The lowest BCUT2D eigenvalue weighted by Crippen LogP contribution is -2.03. The summed E-state index contributed by atoms with van der Waals surface area (Å²) in [7, 11) is 1.44. The normalized spacial score (nSPS) is 11.0. The number of benzene rings is 1. The monoisotopic (exact) mass is 305 g/mol. The molecule has 0 bridgehead atoms. The minimum absolute atomic E-state index is 0.183. The fourth-order valence-corrected chi connectivity index (χ4v) is 2.44. The van der Waals surface area contributed by atoms with Crippen molar-refractivity contribution >= 4 is 22.8 Å². The van der Waals surface area contributed by atoms with Crippen LogP contribution in [0.5, 0.6) is 5.75 Å². The Bertz CT molecular complexity index is 788. The van der Waals surface area contributed by atoms with Crippen LogP contribution in [0.1, 0.15) is 5.82 Å². The Hall–Kier alpha value is -2.14. The van der Waals surface area contributed by atoms with Gasteiger partial charge in [0.05, 0.1) is 12.8 Å². The fraction of sp³-hybridized carbons (Fsp3) is 0.200. The van der Waals surface area contributed by atoms with Crippen LogP contribution in [0, 0.1) is 5.82 Å². The largest absolute Gasteiger partial charge is 0.494 e. The van der Waals surface area contributed by atoms with Crippen molar-refractivity contribution < 1.29 is 9.13 Å². The highest BCUT2D eigenvalue weighted by molar-refractivity contribution is 6.17. The molecule has 0 aliphatic heterocycles. The van der Waals surface area contributed by atoms with Crippen molar-refractivity contribution in [2.45, 2.75) is 6.42 Å². The zero-order valence-corrected chi connectivity index (χ0v) is 12.1. The maximum absolute atomic E-state index is 13.6. The summed E-state index contributed by atoms with van der Waals surface area (Å²) in [5.74, 6) is 1.01. The van der Waals surface area contributed by atoms with E-state index in [1.807, 2.05) is 16.7 Å². The van der Waals surface area contributed by atoms with E-state index in [9.17, 15) is 4.39 Å². The molecule has 2 heterocycles. The van der Waals surface area contributed by atoms with Gasteiger partial charge in [0, 0.05) is 24.6 Å². The molecule has 21 heavy (non-hydrogen) atoms. The number of hydrogen-bond donors (Lipinski definition) is 0. The van der Waals surface area contributed by atoms with Crippen LogP contribution >= 0.6 is 11.6 Å². The third-order valence-electron chi connectivity index (χ3n) is 3.20. The number of aromatic nitrogens is 3. The summed E-state index contributed by atoms with van der Waals surface area (Å²) in [4.78, 5) is 8.90.